The number of thioether (sulfide) groups is 1. The van der Waals surface area contributed by atoms with E-state index in [1.165, 1.54) is 18.0 Å². The highest BCUT2D eigenvalue weighted by Crippen LogP contribution is 2.10. The monoisotopic (exact) mass is 203 g/mol. The molecule has 0 fully saturated rings. The van der Waals surface area contributed by atoms with Crippen LogP contribution in [-0.2, 0) is 0 Å². The first-order chi connectivity index (χ1) is 6.02. The summed E-state index contributed by atoms with van der Waals surface area (Å²) in [6.45, 7) is 0. The van der Waals surface area contributed by atoms with E-state index in [0.29, 0.717) is 5.04 Å². The lowest BCUT2D eigenvalue weighted by Gasteiger charge is -2.05. The molecule has 0 radical (unpaired) electrons. The summed E-state index contributed by atoms with van der Waals surface area (Å²) < 4.78 is 0. The number of aliphatic imine (C=N–C) groups is 1. The minimum Gasteiger partial charge on any atom is -0.378 e. The van der Waals surface area contributed by atoms with Crippen LogP contribution in [0.5, 0.6) is 0 Å². The summed E-state index contributed by atoms with van der Waals surface area (Å²) in [5.74, 6) is 0. The molecular formula is C7H13N3O2S. The van der Waals surface area contributed by atoms with Crippen molar-refractivity contribution in [2.45, 2.75) is 0 Å². The minimum absolute atomic E-state index is 0.0278. The van der Waals surface area contributed by atoms with Gasteiger partial charge in [0, 0.05) is 21.1 Å². The predicted octanol–water partition coefficient (Wildman–Crippen LogP) is 1.06. The largest absolute Gasteiger partial charge is 0.378 e. The Morgan fingerprint density at radius 2 is 2.15 bits per heavy atom. The predicted molar refractivity (Wildman–Crippen MR) is 55.6 cm³/mol. The van der Waals surface area contributed by atoms with Gasteiger partial charge in [-0.15, -0.1) is 11.8 Å². The molecule has 0 N–H and O–H groups in total. The van der Waals surface area contributed by atoms with Crippen LogP contribution in [0.25, 0.3) is 0 Å². The maximum Gasteiger partial charge on any atom is 0.316 e. The second kappa shape index (κ2) is 5.58. The standard InChI is InChI=1S/C7H13N3O2S/c1-8-7(13-4)6(10(11)12)5-9(2)3/h5H,1-4H3/b6-5-,8-7?. The fraction of sp³-hybridized carbons (Fsp3) is 0.571. The van der Waals surface area contributed by atoms with Crippen LogP contribution >= 0.6 is 11.8 Å². The molecule has 0 bridgehead atoms. The highest BCUT2D eigenvalue weighted by molar-refractivity contribution is 8.13. The molecule has 0 spiro atoms. The van der Waals surface area contributed by atoms with Crippen molar-refractivity contribution < 1.29 is 4.92 Å². The zero-order chi connectivity index (χ0) is 10.4. The first-order valence-corrected chi connectivity index (χ1v) is 4.79. The van der Waals surface area contributed by atoms with Gasteiger partial charge >= 0.3 is 5.70 Å². The molecule has 6 heteroatoms. The van der Waals surface area contributed by atoms with Crippen LogP contribution < -0.4 is 0 Å². The van der Waals surface area contributed by atoms with Gasteiger partial charge in [0.15, 0.2) is 5.04 Å². The third-order valence-corrected chi connectivity index (χ3v) is 1.97. The van der Waals surface area contributed by atoms with E-state index in [1.54, 1.807) is 32.3 Å². The molecule has 0 aromatic carbocycles. The van der Waals surface area contributed by atoms with Gasteiger partial charge in [-0.3, -0.25) is 15.1 Å². The second-order valence-electron chi connectivity index (χ2n) is 2.47. The van der Waals surface area contributed by atoms with E-state index in [4.69, 9.17) is 0 Å². The summed E-state index contributed by atoms with van der Waals surface area (Å²) in [6, 6.07) is 0. The first-order valence-electron chi connectivity index (χ1n) is 3.56. The molecule has 0 amide bonds. The van der Waals surface area contributed by atoms with E-state index in [-0.39, 0.29) is 5.70 Å². The summed E-state index contributed by atoms with van der Waals surface area (Å²) >= 11 is 1.26. The SMILES string of the molecule is CN=C(SC)/C(=C/N(C)C)[N+](=O)[O-]. The Kier molecular flexibility index (Phi) is 5.13. The molecule has 5 nitrogen and oxygen atoms in total. The number of rotatable bonds is 3. The zero-order valence-electron chi connectivity index (χ0n) is 8.14. The van der Waals surface area contributed by atoms with Crippen LogP contribution in [-0.4, -0.2) is 42.3 Å². The number of hydrogen-bond acceptors (Lipinski definition) is 5. The number of nitro groups is 1. The summed E-state index contributed by atoms with van der Waals surface area (Å²) in [7, 11) is 5.01. The molecule has 0 aliphatic carbocycles. The van der Waals surface area contributed by atoms with Crippen molar-refractivity contribution in [2.75, 3.05) is 27.4 Å². The number of hydrogen-bond donors (Lipinski definition) is 0. The van der Waals surface area contributed by atoms with E-state index in [0.717, 1.165) is 0 Å². The molecule has 0 atom stereocenters. The fourth-order valence-electron chi connectivity index (χ4n) is 0.735. The maximum absolute atomic E-state index is 10.6. The average Bonchev–Trinajstić information content (AvgIpc) is 2.04. The molecular weight excluding hydrogens is 190 g/mol. The molecule has 0 aromatic heterocycles. The topological polar surface area (TPSA) is 58.7 Å². The quantitative estimate of drug-likeness (QED) is 0.298. The van der Waals surface area contributed by atoms with Gasteiger partial charge in [-0.2, -0.15) is 0 Å². The highest BCUT2D eigenvalue weighted by Gasteiger charge is 2.17. The highest BCUT2D eigenvalue weighted by atomic mass is 32.2. The molecule has 0 aromatic rings. The molecule has 0 aliphatic rings. The average molecular weight is 203 g/mol. The smallest absolute Gasteiger partial charge is 0.316 e. The van der Waals surface area contributed by atoms with Crippen molar-refractivity contribution >= 4 is 16.8 Å². The van der Waals surface area contributed by atoms with Gasteiger partial charge < -0.3 is 4.90 Å². The Balaban J connectivity index is 4.92. The summed E-state index contributed by atoms with van der Waals surface area (Å²) in [5, 5.41) is 11.0. The van der Waals surface area contributed by atoms with Crippen molar-refractivity contribution in [3.8, 4) is 0 Å². The van der Waals surface area contributed by atoms with Gasteiger partial charge in [0.25, 0.3) is 0 Å². The molecule has 0 aliphatic heterocycles. The van der Waals surface area contributed by atoms with E-state index < -0.39 is 4.92 Å². The van der Waals surface area contributed by atoms with Crippen LogP contribution in [0.4, 0.5) is 0 Å². The lowest BCUT2D eigenvalue weighted by molar-refractivity contribution is -0.415. The van der Waals surface area contributed by atoms with Crippen LogP contribution in [0, 0.1) is 10.1 Å². The zero-order valence-corrected chi connectivity index (χ0v) is 8.96. The summed E-state index contributed by atoms with van der Waals surface area (Å²) in [4.78, 5) is 15.6. The van der Waals surface area contributed by atoms with Crippen molar-refractivity contribution in [1.82, 2.24) is 4.90 Å². The third kappa shape index (κ3) is 3.93. The van der Waals surface area contributed by atoms with Crippen molar-refractivity contribution in [3.63, 3.8) is 0 Å². The Labute approximate surface area is 81.7 Å². The lowest BCUT2D eigenvalue weighted by atomic mass is 10.5. The minimum atomic E-state index is -0.432. The maximum atomic E-state index is 10.6. The molecule has 0 unspecified atom stereocenters. The van der Waals surface area contributed by atoms with E-state index in [1.807, 2.05) is 0 Å². The molecule has 0 rings (SSSR count). The van der Waals surface area contributed by atoms with Gasteiger partial charge in [-0.1, -0.05) is 0 Å². The molecule has 0 saturated carbocycles. The van der Waals surface area contributed by atoms with Crippen LogP contribution in [0.15, 0.2) is 16.9 Å². The molecule has 13 heavy (non-hydrogen) atoms. The van der Waals surface area contributed by atoms with E-state index in [2.05, 4.69) is 4.99 Å². The van der Waals surface area contributed by atoms with E-state index in [9.17, 15) is 10.1 Å². The van der Waals surface area contributed by atoms with Crippen LogP contribution in [0.2, 0.25) is 0 Å². The van der Waals surface area contributed by atoms with Crippen LogP contribution in [0.3, 0.4) is 0 Å². The Morgan fingerprint density at radius 1 is 1.62 bits per heavy atom. The van der Waals surface area contributed by atoms with Crippen LogP contribution in [0.1, 0.15) is 0 Å². The van der Waals surface area contributed by atoms with Gasteiger partial charge in [-0.05, 0) is 6.26 Å². The van der Waals surface area contributed by atoms with Gasteiger partial charge in [0.05, 0.1) is 11.1 Å². The lowest BCUT2D eigenvalue weighted by Crippen LogP contribution is -2.13. The van der Waals surface area contributed by atoms with E-state index >= 15 is 0 Å². The Morgan fingerprint density at radius 3 is 2.38 bits per heavy atom. The molecule has 0 heterocycles. The Bertz CT molecular complexity index is 248. The molecule has 0 saturated heterocycles. The molecule has 74 valence electrons. The summed E-state index contributed by atoms with van der Waals surface area (Å²) in [6.07, 6.45) is 3.20. The van der Waals surface area contributed by atoms with Gasteiger partial charge in [-0.25, -0.2) is 0 Å². The Hall–Kier alpha value is -1.04. The second-order valence-corrected chi connectivity index (χ2v) is 3.26. The third-order valence-electron chi connectivity index (χ3n) is 1.19. The van der Waals surface area contributed by atoms with Crippen molar-refractivity contribution in [2.24, 2.45) is 4.99 Å². The van der Waals surface area contributed by atoms with Gasteiger partial charge in [0.2, 0.25) is 0 Å². The summed E-state index contributed by atoms with van der Waals surface area (Å²) in [5.41, 5.74) is 0.0278. The number of nitrogens with zero attached hydrogens (tertiary/aromatic N) is 3. The normalized spacial score (nSPS) is 12.9. The van der Waals surface area contributed by atoms with Crippen molar-refractivity contribution in [3.05, 3.63) is 22.0 Å². The fourth-order valence-corrected chi connectivity index (χ4v) is 1.25. The first kappa shape index (κ1) is 12.0. The van der Waals surface area contributed by atoms with Crippen molar-refractivity contribution in [1.29, 1.82) is 0 Å². The van der Waals surface area contributed by atoms with Gasteiger partial charge in [0.1, 0.15) is 0 Å².